The van der Waals surface area contributed by atoms with Crippen LogP contribution in [-0.4, -0.2) is 19.0 Å². The Kier molecular flexibility index (Phi) is 3.67. The number of hydrogen-bond acceptors (Lipinski definition) is 2. The second kappa shape index (κ2) is 5.21. The Morgan fingerprint density at radius 3 is 2.65 bits per heavy atom. The van der Waals surface area contributed by atoms with Crippen LogP contribution in [0.25, 0.3) is 0 Å². The van der Waals surface area contributed by atoms with Gasteiger partial charge in [-0.25, -0.2) is 0 Å². The lowest BCUT2D eigenvalue weighted by Gasteiger charge is -2.16. The zero-order valence-electron chi connectivity index (χ0n) is 10.5. The number of carbonyl (C=O) groups is 1. The fourth-order valence-electron chi connectivity index (χ4n) is 2.35. The van der Waals surface area contributed by atoms with E-state index in [9.17, 15) is 4.79 Å². The second-order valence-electron chi connectivity index (χ2n) is 4.73. The molecule has 1 amide bonds. The highest BCUT2D eigenvalue weighted by atomic mass is 16.1. The Bertz CT molecular complexity index is 409. The van der Waals surface area contributed by atoms with Crippen LogP contribution in [-0.2, 0) is 0 Å². The fourth-order valence-corrected chi connectivity index (χ4v) is 2.35. The highest BCUT2D eigenvalue weighted by molar-refractivity contribution is 5.95. The third-order valence-corrected chi connectivity index (χ3v) is 3.44. The molecule has 0 unspecified atom stereocenters. The van der Waals surface area contributed by atoms with E-state index in [1.165, 1.54) is 31.2 Å². The zero-order chi connectivity index (χ0) is 12.3. The molecule has 0 aliphatic heterocycles. The van der Waals surface area contributed by atoms with Crippen LogP contribution < -0.4 is 10.6 Å². The molecule has 1 saturated carbocycles. The molecule has 1 aliphatic rings. The summed E-state index contributed by atoms with van der Waals surface area (Å²) in [5.74, 6) is -0.0283. The number of aryl methyl sites for hydroxylation is 1. The van der Waals surface area contributed by atoms with Crippen LogP contribution in [0.15, 0.2) is 18.2 Å². The van der Waals surface area contributed by atoms with E-state index < -0.39 is 0 Å². The predicted octanol–water partition coefficient (Wildman–Crippen LogP) is 2.71. The minimum atomic E-state index is -0.0283. The molecule has 0 bridgehead atoms. The molecule has 0 aromatic heterocycles. The van der Waals surface area contributed by atoms with Crippen LogP contribution in [0.5, 0.6) is 0 Å². The van der Waals surface area contributed by atoms with Crippen molar-refractivity contribution in [2.75, 3.05) is 12.4 Å². The maximum atomic E-state index is 11.6. The van der Waals surface area contributed by atoms with Gasteiger partial charge in [-0.1, -0.05) is 18.9 Å². The Hall–Kier alpha value is -1.51. The molecule has 0 spiro atoms. The van der Waals surface area contributed by atoms with Gasteiger partial charge in [-0.3, -0.25) is 4.79 Å². The summed E-state index contributed by atoms with van der Waals surface area (Å²) in [6.45, 7) is 2.07. The van der Waals surface area contributed by atoms with Gasteiger partial charge in [0.05, 0.1) is 0 Å². The van der Waals surface area contributed by atoms with Gasteiger partial charge in [0.15, 0.2) is 0 Å². The van der Waals surface area contributed by atoms with Gasteiger partial charge in [0.1, 0.15) is 0 Å². The van der Waals surface area contributed by atoms with Gasteiger partial charge in [-0.2, -0.15) is 0 Å². The molecule has 0 radical (unpaired) electrons. The largest absolute Gasteiger partial charge is 0.382 e. The molecule has 1 aliphatic carbocycles. The van der Waals surface area contributed by atoms with Crippen molar-refractivity contribution in [3.63, 3.8) is 0 Å². The molecule has 0 atom stereocenters. The molecule has 1 fully saturated rings. The molecule has 1 aromatic rings. The highest BCUT2D eigenvalue weighted by Gasteiger charge is 2.16. The quantitative estimate of drug-likeness (QED) is 0.841. The van der Waals surface area contributed by atoms with E-state index in [1.807, 2.05) is 18.2 Å². The molecule has 2 rings (SSSR count). The van der Waals surface area contributed by atoms with Gasteiger partial charge in [0.25, 0.3) is 5.91 Å². The average molecular weight is 232 g/mol. The van der Waals surface area contributed by atoms with Crippen molar-refractivity contribution in [3.8, 4) is 0 Å². The van der Waals surface area contributed by atoms with Gasteiger partial charge in [-0.15, -0.1) is 0 Å². The standard InChI is InChI=1S/C14H20N2O/c1-10-7-8-11(14(17)15-2)9-13(10)16-12-5-3-4-6-12/h7-9,12,16H,3-6H2,1-2H3,(H,15,17). The maximum Gasteiger partial charge on any atom is 0.251 e. The number of rotatable bonds is 3. The first-order valence-electron chi connectivity index (χ1n) is 6.30. The van der Waals surface area contributed by atoms with Crippen molar-refractivity contribution in [3.05, 3.63) is 29.3 Å². The first-order valence-corrected chi connectivity index (χ1v) is 6.30. The van der Waals surface area contributed by atoms with Gasteiger partial charge >= 0.3 is 0 Å². The van der Waals surface area contributed by atoms with Crippen molar-refractivity contribution in [2.24, 2.45) is 0 Å². The van der Waals surface area contributed by atoms with Crippen molar-refractivity contribution in [1.82, 2.24) is 5.32 Å². The maximum absolute atomic E-state index is 11.6. The molecule has 0 heterocycles. The lowest BCUT2D eigenvalue weighted by molar-refractivity contribution is 0.0963. The van der Waals surface area contributed by atoms with E-state index in [1.54, 1.807) is 7.05 Å². The average Bonchev–Trinajstić information content (AvgIpc) is 2.84. The van der Waals surface area contributed by atoms with E-state index in [0.29, 0.717) is 6.04 Å². The summed E-state index contributed by atoms with van der Waals surface area (Å²) in [5, 5.41) is 6.20. The van der Waals surface area contributed by atoms with E-state index in [-0.39, 0.29) is 5.91 Å². The van der Waals surface area contributed by atoms with Gasteiger partial charge in [0.2, 0.25) is 0 Å². The number of amides is 1. The van der Waals surface area contributed by atoms with Gasteiger partial charge < -0.3 is 10.6 Å². The monoisotopic (exact) mass is 232 g/mol. The molecule has 1 aromatic carbocycles. The smallest absolute Gasteiger partial charge is 0.251 e. The first-order chi connectivity index (χ1) is 8.20. The Labute approximate surface area is 103 Å². The second-order valence-corrected chi connectivity index (χ2v) is 4.73. The number of anilines is 1. The van der Waals surface area contributed by atoms with E-state index in [0.717, 1.165) is 11.3 Å². The zero-order valence-corrected chi connectivity index (χ0v) is 10.5. The van der Waals surface area contributed by atoms with E-state index >= 15 is 0 Å². The number of carbonyl (C=O) groups excluding carboxylic acids is 1. The van der Waals surface area contributed by atoms with Crippen LogP contribution in [0.2, 0.25) is 0 Å². The Balaban J connectivity index is 2.16. The molecule has 17 heavy (non-hydrogen) atoms. The molecule has 3 nitrogen and oxygen atoms in total. The number of nitrogens with one attached hydrogen (secondary N) is 2. The predicted molar refractivity (Wildman–Crippen MR) is 70.4 cm³/mol. The summed E-state index contributed by atoms with van der Waals surface area (Å²) in [7, 11) is 1.66. The Morgan fingerprint density at radius 2 is 2.00 bits per heavy atom. The molecular weight excluding hydrogens is 212 g/mol. The van der Waals surface area contributed by atoms with Crippen molar-refractivity contribution >= 4 is 11.6 Å². The van der Waals surface area contributed by atoms with Crippen LogP contribution in [0.1, 0.15) is 41.6 Å². The summed E-state index contributed by atoms with van der Waals surface area (Å²) < 4.78 is 0. The molecule has 92 valence electrons. The third kappa shape index (κ3) is 2.78. The van der Waals surface area contributed by atoms with Crippen molar-refractivity contribution < 1.29 is 4.79 Å². The normalized spacial score (nSPS) is 15.9. The third-order valence-electron chi connectivity index (χ3n) is 3.44. The molecule has 2 N–H and O–H groups in total. The minimum absolute atomic E-state index is 0.0283. The van der Waals surface area contributed by atoms with E-state index in [2.05, 4.69) is 17.6 Å². The van der Waals surface area contributed by atoms with Crippen molar-refractivity contribution in [2.45, 2.75) is 38.6 Å². The summed E-state index contributed by atoms with van der Waals surface area (Å²) in [4.78, 5) is 11.6. The van der Waals surface area contributed by atoms with E-state index in [4.69, 9.17) is 0 Å². The molecular formula is C14H20N2O. The summed E-state index contributed by atoms with van der Waals surface area (Å²) in [6, 6.07) is 6.40. The lowest BCUT2D eigenvalue weighted by atomic mass is 10.1. The Morgan fingerprint density at radius 1 is 1.29 bits per heavy atom. The summed E-state index contributed by atoms with van der Waals surface area (Å²) >= 11 is 0. The number of benzene rings is 1. The summed E-state index contributed by atoms with van der Waals surface area (Å²) in [6.07, 6.45) is 5.10. The molecule has 0 saturated heterocycles. The first kappa shape index (κ1) is 12.0. The van der Waals surface area contributed by atoms with Crippen LogP contribution in [0, 0.1) is 6.92 Å². The molecule has 3 heteroatoms. The topological polar surface area (TPSA) is 41.1 Å². The SMILES string of the molecule is CNC(=O)c1ccc(C)c(NC2CCCC2)c1. The van der Waals surface area contributed by atoms with Gasteiger partial charge in [0, 0.05) is 24.3 Å². The fraction of sp³-hybridized carbons (Fsp3) is 0.500. The van der Waals surface area contributed by atoms with Crippen LogP contribution in [0.4, 0.5) is 5.69 Å². The van der Waals surface area contributed by atoms with Gasteiger partial charge in [-0.05, 0) is 37.5 Å². The summed E-state index contributed by atoms with van der Waals surface area (Å²) in [5.41, 5.74) is 3.01. The minimum Gasteiger partial charge on any atom is -0.382 e. The van der Waals surface area contributed by atoms with Crippen molar-refractivity contribution in [1.29, 1.82) is 0 Å². The lowest BCUT2D eigenvalue weighted by Crippen LogP contribution is -2.19. The van der Waals surface area contributed by atoms with Crippen LogP contribution >= 0.6 is 0 Å². The number of hydrogen-bond donors (Lipinski definition) is 2. The van der Waals surface area contributed by atoms with Crippen LogP contribution in [0.3, 0.4) is 0 Å². The highest BCUT2D eigenvalue weighted by Crippen LogP contribution is 2.25.